The van der Waals surface area contributed by atoms with Crippen LogP contribution in [-0.4, -0.2) is 21.3 Å². The van der Waals surface area contributed by atoms with E-state index in [-0.39, 0.29) is 6.61 Å². The second-order valence-electron chi connectivity index (χ2n) is 4.69. The van der Waals surface area contributed by atoms with Crippen LogP contribution in [0.5, 0.6) is 0 Å². The maximum atomic E-state index is 11.5. The van der Waals surface area contributed by atoms with Crippen LogP contribution in [0.4, 0.5) is 0 Å². The Labute approximate surface area is 139 Å². The molecule has 0 aromatic heterocycles. The molecule has 2 aromatic carbocycles. The molecule has 7 nitrogen and oxygen atoms in total. The Balaban J connectivity index is 2.21. The second kappa shape index (κ2) is 8.01. The van der Waals surface area contributed by atoms with Crippen molar-refractivity contribution < 1.29 is 32.6 Å². The van der Waals surface area contributed by atoms with Crippen LogP contribution in [0.15, 0.2) is 66.7 Å². The molecule has 3 N–H and O–H groups in total. The summed E-state index contributed by atoms with van der Waals surface area (Å²) < 4.78 is 30.4. The molecule has 2 rings (SSSR count). The number of phosphoric acid groups is 2. The van der Waals surface area contributed by atoms with Crippen LogP contribution in [0.2, 0.25) is 0 Å². The zero-order valence-electron chi connectivity index (χ0n) is 12.4. The monoisotopic (exact) mass is 370 g/mol. The van der Waals surface area contributed by atoms with E-state index in [2.05, 4.69) is 8.83 Å². The molecule has 0 aliphatic carbocycles. The summed E-state index contributed by atoms with van der Waals surface area (Å²) in [6.07, 6.45) is 1.54. The van der Waals surface area contributed by atoms with Crippen LogP contribution in [0.3, 0.4) is 0 Å². The van der Waals surface area contributed by atoms with E-state index < -0.39 is 15.6 Å². The molecule has 0 spiro atoms. The first-order chi connectivity index (χ1) is 11.3. The predicted molar refractivity (Wildman–Crippen MR) is 88.9 cm³/mol. The molecule has 0 saturated heterocycles. The number of rotatable bonds is 7. The Hall–Kier alpha value is -1.56. The fourth-order valence-electron chi connectivity index (χ4n) is 2.01. The molecule has 0 heterocycles. The molecule has 0 fully saturated rings. The molecule has 2 aromatic rings. The third-order valence-electron chi connectivity index (χ3n) is 2.90. The Morgan fingerprint density at radius 3 is 1.75 bits per heavy atom. The summed E-state index contributed by atoms with van der Waals surface area (Å²) in [4.78, 5) is 26.5. The van der Waals surface area contributed by atoms with Crippen molar-refractivity contribution in [1.29, 1.82) is 0 Å². The van der Waals surface area contributed by atoms with E-state index in [4.69, 9.17) is 9.79 Å². The highest BCUT2D eigenvalue weighted by Gasteiger charge is 2.31. The van der Waals surface area contributed by atoms with E-state index in [0.29, 0.717) is 0 Å². The second-order valence-corrected chi connectivity index (χ2v) is 7.52. The molecule has 0 bridgehead atoms. The Morgan fingerprint density at radius 1 is 0.875 bits per heavy atom. The van der Waals surface area contributed by atoms with E-state index in [1.807, 2.05) is 60.7 Å². The molecule has 0 radical (unpaired) electrons. The number of phosphoric ester groups is 1. The first-order valence-corrected chi connectivity index (χ1v) is 9.85. The Kier molecular flexibility index (Phi) is 6.27. The van der Waals surface area contributed by atoms with Gasteiger partial charge in [-0.15, -0.1) is 0 Å². The third kappa shape index (κ3) is 6.15. The van der Waals surface area contributed by atoms with Gasteiger partial charge >= 0.3 is 15.6 Å². The van der Waals surface area contributed by atoms with Crippen LogP contribution < -0.4 is 0 Å². The van der Waals surface area contributed by atoms with Gasteiger partial charge in [-0.25, -0.2) is 9.13 Å². The topological polar surface area (TPSA) is 113 Å². The average molecular weight is 370 g/mol. The maximum Gasteiger partial charge on any atom is 0.481 e. The van der Waals surface area contributed by atoms with Gasteiger partial charge in [0.2, 0.25) is 0 Å². The minimum Gasteiger partial charge on any atom is -0.302 e. The molecule has 0 amide bonds. The average Bonchev–Trinajstić information content (AvgIpc) is 2.51. The molecule has 9 heteroatoms. The Morgan fingerprint density at radius 2 is 1.33 bits per heavy atom. The SMILES string of the molecule is O=P(O)(O)OP(=O)(O)OCC=C(c1ccccc1)c1ccccc1. The molecule has 24 heavy (non-hydrogen) atoms. The molecule has 1 atom stereocenters. The summed E-state index contributed by atoms with van der Waals surface area (Å²) in [7, 11) is -9.99. The highest BCUT2D eigenvalue weighted by atomic mass is 31.3. The lowest BCUT2D eigenvalue weighted by molar-refractivity contribution is 0.191. The van der Waals surface area contributed by atoms with Crippen molar-refractivity contribution in [2.75, 3.05) is 6.61 Å². The normalized spacial score (nSPS) is 14.0. The van der Waals surface area contributed by atoms with E-state index >= 15 is 0 Å². The summed E-state index contributed by atoms with van der Waals surface area (Å²) in [6, 6.07) is 18.6. The number of hydrogen-bond donors (Lipinski definition) is 3. The Bertz CT molecular complexity index is 742. The van der Waals surface area contributed by atoms with Crippen LogP contribution in [-0.2, 0) is 18.0 Å². The summed E-state index contributed by atoms with van der Waals surface area (Å²) in [5.41, 5.74) is 2.46. The van der Waals surface area contributed by atoms with Gasteiger partial charge in [-0.05, 0) is 22.8 Å². The largest absolute Gasteiger partial charge is 0.481 e. The molecule has 0 aliphatic rings. The van der Waals surface area contributed by atoms with Crippen LogP contribution in [0.1, 0.15) is 11.1 Å². The van der Waals surface area contributed by atoms with Crippen LogP contribution in [0, 0.1) is 0 Å². The zero-order chi connectivity index (χ0) is 17.6. The lowest BCUT2D eigenvalue weighted by Gasteiger charge is -2.12. The minimum absolute atomic E-state index is 0.368. The summed E-state index contributed by atoms with van der Waals surface area (Å²) in [6.45, 7) is -0.368. The van der Waals surface area contributed by atoms with E-state index in [0.717, 1.165) is 16.7 Å². The highest BCUT2D eigenvalue weighted by molar-refractivity contribution is 7.60. The van der Waals surface area contributed by atoms with Gasteiger partial charge in [0.05, 0.1) is 6.61 Å². The van der Waals surface area contributed by atoms with Crippen molar-refractivity contribution in [3.63, 3.8) is 0 Å². The van der Waals surface area contributed by atoms with Crippen molar-refractivity contribution in [1.82, 2.24) is 0 Å². The van der Waals surface area contributed by atoms with E-state index in [1.54, 1.807) is 0 Å². The van der Waals surface area contributed by atoms with Gasteiger partial charge in [0.1, 0.15) is 0 Å². The van der Waals surface area contributed by atoms with E-state index in [9.17, 15) is 14.0 Å². The predicted octanol–water partition coefficient (Wildman–Crippen LogP) is 3.34. The van der Waals surface area contributed by atoms with Crippen molar-refractivity contribution >= 4 is 21.2 Å². The van der Waals surface area contributed by atoms with Gasteiger partial charge in [0.25, 0.3) is 0 Å². The van der Waals surface area contributed by atoms with Crippen molar-refractivity contribution in [3.05, 3.63) is 77.9 Å². The zero-order valence-corrected chi connectivity index (χ0v) is 14.2. The lowest BCUT2D eigenvalue weighted by Crippen LogP contribution is -1.96. The van der Waals surface area contributed by atoms with Gasteiger partial charge < -0.3 is 14.7 Å². The molecule has 0 saturated carbocycles. The minimum atomic E-state index is -5.13. The van der Waals surface area contributed by atoms with Gasteiger partial charge in [-0.3, -0.25) is 4.52 Å². The smallest absolute Gasteiger partial charge is 0.302 e. The highest BCUT2D eigenvalue weighted by Crippen LogP contribution is 2.57. The van der Waals surface area contributed by atoms with Gasteiger partial charge in [-0.1, -0.05) is 60.7 Å². The molecular formula is C15H16O7P2. The van der Waals surface area contributed by atoms with E-state index in [1.165, 1.54) is 6.08 Å². The van der Waals surface area contributed by atoms with Gasteiger partial charge in [0.15, 0.2) is 0 Å². The summed E-state index contributed by atoms with van der Waals surface area (Å²) in [5.74, 6) is 0. The van der Waals surface area contributed by atoms with Crippen molar-refractivity contribution in [3.8, 4) is 0 Å². The fraction of sp³-hybridized carbons (Fsp3) is 0.0667. The van der Waals surface area contributed by atoms with Crippen LogP contribution in [0.25, 0.3) is 5.57 Å². The van der Waals surface area contributed by atoms with Crippen molar-refractivity contribution in [2.45, 2.75) is 0 Å². The van der Waals surface area contributed by atoms with Gasteiger partial charge in [-0.2, -0.15) is 4.31 Å². The summed E-state index contributed by atoms with van der Waals surface area (Å²) in [5, 5.41) is 0. The molecule has 1 unspecified atom stereocenters. The third-order valence-corrected chi connectivity index (χ3v) is 5.06. The number of hydrogen-bond acceptors (Lipinski definition) is 4. The number of benzene rings is 2. The molecule has 128 valence electrons. The summed E-state index contributed by atoms with van der Waals surface area (Å²) >= 11 is 0. The standard InChI is InChI=1S/C15H16O7P2/c16-23(17,18)22-24(19,20)21-12-11-15(13-7-3-1-4-8-13)14-9-5-2-6-10-14/h1-11H,12H2,(H,19,20)(H2,16,17,18). The maximum absolute atomic E-state index is 11.5. The molecular weight excluding hydrogens is 354 g/mol. The fourth-order valence-corrected chi connectivity index (χ4v) is 3.54. The first-order valence-electron chi connectivity index (χ1n) is 6.82. The quantitative estimate of drug-likeness (QED) is 0.641. The lowest BCUT2D eigenvalue weighted by atomic mass is 9.98. The van der Waals surface area contributed by atoms with Crippen LogP contribution >= 0.6 is 15.6 Å². The van der Waals surface area contributed by atoms with Crippen molar-refractivity contribution in [2.24, 2.45) is 0 Å². The molecule has 0 aliphatic heterocycles. The first kappa shape index (κ1) is 18.8. The van der Waals surface area contributed by atoms with Gasteiger partial charge in [0, 0.05) is 0 Å².